The second kappa shape index (κ2) is 10.1. The molecule has 1 fully saturated rings. The van der Waals surface area contributed by atoms with Gasteiger partial charge >= 0.3 is 0 Å². The molecule has 1 atom stereocenters. The number of carbonyl (C=O) groups excluding carboxylic acids is 2. The molecule has 0 aliphatic carbocycles. The lowest BCUT2D eigenvalue weighted by atomic mass is 9.94. The molecule has 1 unspecified atom stereocenters. The van der Waals surface area contributed by atoms with Gasteiger partial charge in [0.1, 0.15) is 5.76 Å². The lowest BCUT2D eigenvalue weighted by Gasteiger charge is -2.26. The summed E-state index contributed by atoms with van der Waals surface area (Å²) in [5, 5.41) is 14.0. The average Bonchev–Trinajstić information content (AvgIpc) is 3.17. The van der Waals surface area contributed by atoms with E-state index in [9.17, 15) is 14.7 Å². The van der Waals surface area contributed by atoms with E-state index in [1.54, 1.807) is 11.0 Å². The molecule has 5 nitrogen and oxygen atoms in total. The van der Waals surface area contributed by atoms with Crippen molar-refractivity contribution in [3.63, 3.8) is 0 Å². The van der Waals surface area contributed by atoms with Crippen LogP contribution >= 0.6 is 11.6 Å². The number of anilines is 1. The van der Waals surface area contributed by atoms with Crippen LogP contribution in [0.25, 0.3) is 16.5 Å². The molecule has 5 rings (SSSR count). The molecule has 0 spiro atoms. The van der Waals surface area contributed by atoms with Crippen LogP contribution in [0.3, 0.4) is 0 Å². The van der Waals surface area contributed by atoms with Crippen molar-refractivity contribution in [1.82, 2.24) is 4.90 Å². The Kier molecular flexibility index (Phi) is 6.72. The fourth-order valence-electron chi connectivity index (χ4n) is 4.80. The Morgan fingerprint density at radius 3 is 2.24 bits per heavy atom. The number of Topliss-reactive ketones (excluding diaryl/α,β-unsaturated/α-hetero) is 1. The van der Waals surface area contributed by atoms with Gasteiger partial charge in [-0.05, 0) is 58.7 Å². The number of fused-ring (bicyclic) bond motifs is 1. The Bertz CT molecular complexity index is 1510. The molecule has 1 heterocycles. The molecule has 1 aliphatic rings. The molecule has 37 heavy (non-hydrogen) atoms. The van der Waals surface area contributed by atoms with E-state index in [0.29, 0.717) is 23.6 Å². The van der Waals surface area contributed by atoms with Gasteiger partial charge in [0, 0.05) is 36.9 Å². The van der Waals surface area contributed by atoms with E-state index in [0.717, 1.165) is 27.6 Å². The summed E-state index contributed by atoms with van der Waals surface area (Å²) in [5.41, 5.74) is 3.38. The zero-order valence-electron chi connectivity index (χ0n) is 20.7. The Labute approximate surface area is 221 Å². The van der Waals surface area contributed by atoms with E-state index in [-0.39, 0.29) is 11.3 Å². The monoisotopic (exact) mass is 510 g/mol. The first-order chi connectivity index (χ1) is 17.8. The van der Waals surface area contributed by atoms with Crippen molar-refractivity contribution in [3.8, 4) is 0 Å². The van der Waals surface area contributed by atoms with Crippen LogP contribution in [0, 0.1) is 0 Å². The number of benzene rings is 4. The molecule has 0 radical (unpaired) electrons. The zero-order valence-corrected chi connectivity index (χ0v) is 21.4. The summed E-state index contributed by atoms with van der Waals surface area (Å²) >= 11 is 6.02. The topological polar surface area (TPSA) is 60.9 Å². The molecule has 1 N–H and O–H groups in total. The van der Waals surface area contributed by atoms with Gasteiger partial charge < -0.3 is 14.9 Å². The number of halogens is 1. The molecular formula is C31H27ClN2O3. The van der Waals surface area contributed by atoms with E-state index >= 15 is 0 Å². The summed E-state index contributed by atoms with van der Waals surface area (Å²) in [4.78, 5) is 30.2. The normalized spacial score (nSPS) is 16.9. The van der Waals surface area contributed by atoms with Gasteiger partial charge in [-0.25, -0.2) is 0 Å². The van der Waals surface area contributed by atoms with Crippen LogP contribution in [-0.4, -0.2) is 42.3 Å². The lowest BCUT2D eigenvalue weighted by Crippen LogP contribution is -2.31. The predicted octanol–water partition coefficient (Wildman–Crippen LogP) is 6.22. The summed E-state index contributed by atoms with van der Waals surface area (Å²) in [6, 6.07) is 27.8. The minimum absolute atomic E-state index is 0.106. The molecule has 6 heteroatoms. The van der Waals surface area contributed by atoms with E-state index in [1.807, 2.05) is 104 Å². The Morgan fingerprint density at radius 2 is 1.57 bits per heavy atom. The number of amides is 1. The summed E-state index contributed by atoms with van der Waals surface area (Å²) in [6.07, 6.45) is 0.548. The maximum atomic E-state index is 13.4. The van der Waals surface area contributed by atoms with Crippen LogP contribution in [0.1, 0.15) is 22.7 Å². The van der Waals surface area contributed by atoms with Crippen molar-refractivity contribution in [3.05, 3.63) is 118 Å². The number of carbonyl (C=O) groups is 2. The minimum Gasteiger partial charge on any atom is -0.507 e. The van der Waals surface area contributed by atoms with Crippen molar-refractivity contribution in [2.45, 2.75) is 12.5 Å². The number of hydrogen-bond donors (Lipinski definition) is 1. The number of ketones is 1. The van der Waals surface area contributed by atoms with E-state index in [4.69, 9.17) is 11.6 Å². The van der Waals surface area contributed by atoms with Crippen molar-refractivity contribution < 1.29 is 14.7 Å². The van der Waals surface area contributed by atoms with Gasteiger partial charge in [-0.15, -0.1) is 0 Å². The van der Waals surface area contributed by atoms with Crippen molar-refractivity contribution >= 4 is 45.5 Å². The van der Waals surface area contributed by atoms with E-state index < -0.39 is 17.7 Å². The molecule has 1 saturated heterocycles. The molecule has 0 saturated carbocycles. The number of likely N-dealkylation sites (tertiary alicyclic amines) is 1. The van der Waals surface area contributed by atoms with Crippen molar-refractivity contribution in [2.24, 2.45) is 0 Å². The smallest absolute Gasteiger partial charge is 0.295 e. The third-order valence-corrected chi connectivity index (χ3v) is 7.09. The highest BCUT2D eigenvalue weighted by molar-refractivity contribution is 6.46. The second-order valence-electron chi connectivity index (χ2n) is 9.42. The molecule has 4 aromatic rings. The van der Waals surface area contributed by atoms with Crippen molar-refractivity contribution in [2.75, 3.05) is 25.5 Å². The van der Waals surface area contributed by atoms with Gasteiger partial charge in [-0.1, -0.05) is 72.3 Å². The zero-order chi connectivity index (χ0) is 26.1. The second-order valence-corrected chi connectivity index (χ2v) is 9.85. The Hall–Kier alpha value is -4.09. The minimum atomic E-state index is -0.699. The molecule has 1 amide bonds. The van der Waals surface area contributed by atoms with Gasteiger partial charge in [0.25, 0.3) is 11.7 Å². The van der Waals surface area contributed by atoms with Crippen LogP contribution < -0.4 is 4.90 Å². The summed E-state index contributed by atoms with van der Waals surface area (Å²) in [5.74, 6) is -1.46. The first kappa shape index (κ1) is 24.6. The number of rotatable bonds is 6. The molecular weight excluding hydrogens is 484 g/mol. The Morgan fingerprint density at radius 1 is 0.892 bits per heavy atom. The number of nitrogens with zero attached hydrogens (tertiary/aromatic N) is 2. The largest absolute Gasteiger partial charge is 0.507 e. The maximum absolute atomic E-state index is 13.4. The molecule has 186 valence electrons. The summed E-state index contributed by atoms with van der Waals surface area (Å²) in [6.45, 7) is 0.320. The third-order valence-electron chi connectivity index (χ3n) is 6.84. The predicted molar refractivity (Wildman–Crippen MR) is 149 cm³/mol. The SMILES string of the molecule is CN(C)c1ccc(C2/C(=C(/O)c3ccc4ccccc4c3)C(=O)C(=O)N2CCc2ccc(Cl)cc2)cc1. The van der Waals surface area contributed by atoms with Crippen LogP contribution in [0.4, 0.5) is 5.69 Å². The van der Waals surface area contributed by atoms with Crippen LogP contribution in [-0.2, 0) is 16.0 Å². The standard InChI is InChI=1S/C31H27ClN2O3/c1-33(2)26-15-11-22(12-16-26)28-27(29(35)24-10-9-21-5-3-4-6-23(21)19-24)30(36)31(37)34(28)18-17-20-7-13-25(32)14-8-20/h3-16,19,28,35H,17-18H2,1-2H3/b29-27-. The summed E-state index contributed by atoms with van der Waals surface area (Å²) < 4.78 is 0. The highest BCUT2D eigenvalue weighted by Crippen LogP contribution is 2.40. The number of hydrogen-bond acceptors (Lipinski definition) is 4. The van der Waals surface area contributed by atoms with Crippen molar-refractivity contribution in [1.29, 1.82) is 0 Å². The van der Waals surface area contributed by atoms with Gasteiger partial charge in [-0.3, -0.25) is 9.59 Å². The van der Waals surface area contributed by atoms with Gasteiger partial charge in [0.2, 0.25) is 0 Å². The quantitative estimate of drug-likeness (QED) is 0.190. The molecule has 1 aliphatic heterocycles. The first-order valence-corrected chi connectivity index (χ1v) is 12.5. The van der Waals surface area contributed by atoms with Crippen LogP contribution in [0.2, 0.25) is 5.02 Å². The number of aliphatic hydroxyl groups excluding tert-OH is 1. The Balaban J connectivity index is 1.59. The third kappa shape index (κ3) is 4.83. The fraction of sp³-hybridized carbons (Fsp3) is 0.161. The maximum Gasteiger partial charge on any atom is 0.295 e. The van der Waals surface area contributed by atoms with E-state index in [1.165, 1.54) is 0 Å². The van der Waals surface area contributed by atoms with Crippen LogP contribution in [0.5, 0.6) is 0 Å². The lowest BCUT2D eigenvalue weighted by molar-refractivity contribution is -0.139. The molecule has 0 bridgehead atoms. The van der Waals surface area contributed by atoms with Gasteiger partial charge in [0.15, 0.2) is 0 Å². The summed E-state index contributed by atoms with van der Waals surface area (Å²) in [7, 11) is 3.90. The van der Waals surface area contributed by atoms with E-state index in [2.05, 4.69) is 0 Å². The average molecular weight is 511 g/mol. The van der Waals surface area contributed by atoms with Gasteiger partial charge in [0.05, 0.1) is 11.6 Å². The highest BCUT2D eigenvalue weighted by Gasteiger charge is 2.45. The first-order valence-electron chi connectivity index (χ1n) is 12.1. The number of aliphatic hydroxyl groups is 1. The van der Waals surface area contributed by atoms with Crippen LogP contribution in [0.15, 0.2) is 96.6 Å². The molecule has 4 aromatic carbocycles. The molecule has 0 aromatic heterocycles. The fourth-order valence-corrected chi connectivity index (χ4v) is 4.93. The highest BCUT2D eigenvalue weighted by atomic mass is 35.5. The van der Waals surface area contributed by atoms with Gasteiger partial charge in [-0.2, -0.15) is 0 Å².